The zero-order valence-corrected chi connectivity index (χ0v) is 9.49. The number of hydrogen-bond acceptors (Lipinski definition) is 3. The summed E-state index contributed by atoms with van der Waals surface area (Å²) < 4.78 is 5.46. The van der Waals surface area contributed by atoms with Crippen LogP contribution in [0.2, 0.25) is 0 Å². The molecule has 1 aromatic carbocycles. The van der Waals surface area contributed by atoms with Crippen molar-refractivity contribution < 1.29 is 4.42 Å². The van der Waals surface area contributed by atoms with E-state index >= 15 is 0 Å². The Bertz CT molecular complexity index is 526. The van der Waals surface area contributed by atoms with Gasteiger partial charge in [0.2, 0.25) is 0 Å². The average molecular weight is 216 g/mol. The maximum absolute atomic E-state index is 5.80. The smallest absolute Gasteiger partial charge is 0.192 e. The Morgan fingerprint density at radius 2 is 2.25 bits per heavy atom. The number of nitrogens with two attached hydrogens (primary N) is 1. The van der Waals surface area contributed by atoms with Crippen molar-refractivity contribution in [2.45, 2.75) is 26.2 Å². The number of oxazole rings is 1. The van der Waals surface area contributed by atoms with Crippen molar-refractivity contribution >= 4 is 11.1 Å². The molecule has 0 atom stereocenters. The number of aromatic nitrogens is 1. The van der Waals surface area contributed by atoms with Crippen LogP contribution in [0.5, 0.6) is 0 Å². The van der Waals surface area contributed by atoms with E-state index in [0.717, 1.165) is 30.0 Å². The number of benzene rings is 1. The molecule has 0 saturated heterocycles. The molecular formula is C13H16N2O. The number of nitrogens with zero attached hydrogens (tertiary/aromatic N) is 1. The fourth-order valence-corrected chi connectivity index (χ4v) is 2.26. The van der Waals surface area contributed by atoms with Crippen molar-refractivity contribution in [1.82, 2.24) is 4.98 Å². The van der Waals surface area contributed by atoms with E-state index in [0.29, 0.717) is 5.41 Å². The Kier molecular flexibility index (Phi) is 2.04. The lowest BCUT2D eigenvalue weighted by Crippen LogP contribution is -2.17. The predicted octanol–water partition coefficient (Wildman–Crippen LogP) is 2.42. The SMILES string of the molecule is Cc1nc2cc(CC3(CN)CC3)ccc2o1. The molecule has 3 heteroatoms. The minimum atomic E-state index is 0.381. The van der Waals surface area contributed by atoms with Gasteiger partial charge in [-0.05, 0) is 48.9 Å². The van der Waals surface area contributed by atoms with Crippen molar-refractivity contribution in [1.29, 1.82) is 0 Å². The molecule has 1 fully saturated rings. The van der Waals surface area contributed by atoms with E-state index < -0.39 is 0 Å². The average Bonchev–Trinajstić information content (AvgIpc) is 2.93. The molecule has 0 unspecified atom stereocenters. The maximum Gasteiger partial charge on any atom is 0.192 e. The molecule has 1 aliphatic rings. The lowest BCUT2D eigenvalue weighted by molar-refractivity contribution is 0.521. The van der Waals surface area contributed by atoms with Gasteiger partial charge >= 0.3 is 0 Å². The van der Waals surface area contributed by atoms with E-state index in [1.165, 1.54) is 18.4 Å². The largest absolute Gasteiger partial charge is 0.441 e. The molecule has 84 valence electrons. The van der Waals surface area contributed by atoms with Gasteiger partial charge in [-0.15, -0.1) is 0 Å². The van der Waals surface area contributed by atoms with E-state index in [1.54, 1.807) is 0 Å². The molecule has 0 radical (unpaired) electrons. The van der Waals surface area contributed by atoms with Gasteiger partial charge in [0, 0.05) is 6.92 Å². The van der Waals surface area contributed by atoms with E-state index in [-0.39, 0.29) is 0 Å². The molecule has 0 spiro atoms. The van der Waals surface area contributed by atoms with Gasteiger partial charge in [0.1, 0.15) is 5.52 Å². The standard InChI is InChI=1S/C13H16N2O/c1-9-15-11-6-10(2-3-12(11)16-9)7-13(8-14)4-5-13/h2-3,6H,4-5,7-8,14H2,1H3. The summed E-state index contributed by atoms with van der Waals surface area (Å²) in [6.45, 7) is 2.67. The summed E-state index contributed by atoms with van der Waals surface area (Å²) in [6, 6.07) is 6.27. The van der Waals surface area contributed by atoms with E-state index in [9.17, 15) is 0 Å². The Morgan fingerprint density at radius 3 is 2.94 bits per heavy atom. The molecule has 0 aliphatic heterocycles. The normalized spacial score (nSPS) is 17.9. The molecule has 3 rings (SSSR count). The Hall–Kier alpha value is -1.35. The van der Waals surface area contributed by atoms with Crippen LogP contribution in [0.1, 0.15) is 24.3 Å². The van der Waals surface area contributed by atoms with Crippen molar-refractivity contribution in [2.24, 2.45) is 11.1 Å². The van der Waals surface area contributed by atoms with Gasteiger partial charge in [-0.2, -0.15) is 0 Å². The summed E-state index contributed by atoms with van der Waals surface area (Å²) >= 11 is 0. The highest BCUT2D eigenvalue weighted by molar-refractivity contribution is 5.73. The van der Waals surface area contributed by atoms with Crippen LogP contribution in [0.25, 0.3) is 11.1 Å². The highest BCUT2D eigenvalue weighted by atomic mass is 16.3. The predicted molar refractivity (Wildman–Crippen MR) is 63.2 cm³/mol. The molecule has 2 N–H and O–H groups in total. The maximum atomic E-state index is 5.80. The number of hydrogen-bond donors (Lipinski definition) is 1. The fourth-order valence-electron chi connectivity index (χ4n) is 2.26. The second kappa shape index (κ2) is 3.32. The summed E-state index contributed by atoms with van der Waals surface area (Å²) in [5.41, 5.74) is 9.34. The third-order valence-electron chi connectivity index (χ3n) is 3.53. The number of rotatable bonds is 3. The molecule has 1 aliphatic carbocycles. The molecule has 1 heterocycles. The summed E-state index contributed by atoms with van der Waals surface area (Å²) in [4.78, 5) is 4.35. The topological polar surface area (TPSA) is 52.0 Å². The number of fused-ring (bicyclic) bond motifs is 1. The van der Waals surface area contributed by atoms with Gasteiger partial charge in [0.15, 0.2) is 11.5 Å². The highest BCUT2D eigenvalue weighted by Gasteiger charge is 2.40. The van der Waals surface area contributed by atoms with Gasteiger partial charge in [-0.25, -0.2) is 4.98 Å². The fraction of sp³-hybridized carbons (Fsp3) is 0.462. The molecule has 16 heavy (non-hydrogen) atoms. The van der Waals surface area contributed by atoms with Gasteiger partial charge in [0.25, 0.3) is 0 Å². The first-order chi connectivity index (χ1) is 7.71. The van der Waals surface area contributed by atoms with E-state index in [4.69, 9.17) is 10.2 Å². The first-order valence-electron chi connectivity index (χ1n) is 5.77. The van der Waals surface area contributed by atoms with Gasteiger partial charge in [-0.3, -0.25) is 0 Å². The third-order valence-corrected chi connectivity index (χ3v) is 3.53. The summed E-state index contributed by atoms with van der Waals surface area (Å²) in [5, 5.41) is 0. The molecule has 0 amide bonds. The van der Waals surface area contributed by atoms with Crippen LogP contribution in [-0.2, 0) is 6.42 Å². The monoisotopic (exact) mass is 216 g/mol. The van der Waals surface area contributed by atoms with E-state index in [1.807, 2.05) is 13.0 Å². The highest BCUT2D eigenvalue weighted by Crippen LogP contribution is 2.47. The quantitative estimate of drug-likeness (QED) is 0.857. The Labute approximate surface area is 94.7 Å². The Balaban J connectivity index is 1.92. The summed E-state index contributed by atoms with van der Waals surface area (Å²) in [6.07, 6.45) is 3.60. The van der Waals surface area contributed by atoms with Crippen molar-refractivity contribution in [3.05, 3.63) is 29.7 Å². The lowest BCUT2D eigenvalue weighted by Gasteiger charge is -2.11. The zero-order valence-electron chi connectivity index (χ0n) is 9.49. The molecule has 1 saturated carbocycles. The van der Waals surface area contributed by atoms with Crippen molar-refractivity contribution in [3.8, 4) is 0 Å². The summed E-state index contributed by atoms with van der Waals surface area (Å²) in [5.74, 6) is 0.729. The van der Waals surface area contributed by atoms with Crippen molar-refractivity contribution in [3.63, 3.8) is 0 Å². The zero-order chi connectivity index (χ0) is 11.2. The molecular weight excluding hydrogens is 200 g/mol. The minimum Gasteiger partial charge on any atom is -0.441 e. The van der Waals surface area contributed by atoms with Crippen LogP contribution in [0.3, 0.4) is 0 Å². The second-order valence-corrected chi connectivity index (χ2v) is 4.92. The summed E-state index contributed by atoms with van der Waals surface area (Å²) in [7, 11) is 0. The third kappa shape index (κ3) is 1.61. The Morgan fingerprint density at radius 1 is 1.44 bits per heavy atom. The van der Waals surface area contributed by atoms with Crippen LogP contribution < -0.4 is 5.73 Å². The second-order valence-electron chi connectivity index (χ2n) is 4.92. The molecule has 3 nitrogen and oxygen atoms in total. The van der Waals surface area contributed by atoms with Crippen LogP contribution in [0, 0.1) is 12.3 Å². The first kappa shape index (κ1) is 9.85. The van der Waals surface area contributed by atoms with Gasteiger partial charge < -0.3 is 10.2 Å². The van der Waals surface area contributed by atoms with Crippen LogP contribution in [0.4, 0.5) is 0 Å². The van der Waals surface area contributed by atoms with Gasteiger partial charge in [0.05, 0.1) is 0 Å². The number of aryl methyl sites for hydroxylation is 1. The van der Waals surface area contributed by atoms with Crippen LogP contribution in [-0.4, -0.2) is 11.5 Å². The minimum absolute atomic E-state index is 0.381. The molecule has 1 aromatic heterocycles. The molecule has 2 aromatic rings. The van der Waals surface area contributed by atoms with Gasteiger partial charge in [-0.1, -0.05) is 6.07 Å². The first-order valence-corrected chi connectivity index (χ1v) is 5.77. The van der Waals surface area contributed by atoms with Crippen LogP contribution >= 0.6 is 0 Å². The van der Waals surface area contributed by atoms with Crippen LogP contribution in [0.15, 0.2) is 22.6 Å². The van der Waals surface area contributed by atoms with E-state index in [2.05, 4.69) is 17.1 Å². The molecule has 0 bridgehead atoms. The lowest BCUT2D eigenvalue weighted by atomic mass is 9.96. The van der Waals surface area contributed by atoms with Crippen molar-refractivity contribution in [2.75, 3.05) is 6.54 Å².